The van der Waals surface area contributed by atoms with Gasteiger partial charge in [0.15, 0.2) is 11.4 Å². The Kier molecular flexibility index (Phi) is 2.38. The molecule has 0 N–H and O–H groups in total. The summed E-state index contributed by atoms with van der Waals surface area (Å²) in [6.45, 7) is 0. The van der Waals surface area contributed by atoms with Crippen molar-refractivity contribution in [2.24, 2.45) is 0 Å². The Balaban J connectivity index is 2.51. The first-order chi connectivity index (χ1) is 8.07. The molecule has 0 amide bonds. The third-order valence-corrected chi connectivity index (χ3v) is 3.35. The van der Waals surface area contributed by atoms with Gasteiger partial charge in [0.05, 0.1) is 12.4 Å². The van der Waals surface area contributed by atoms with Crippen LogP contribution < -0.4 is 0 Å². The monoisotopic (exact) mass is 248 g/mol. The van der Waals surface area contributed by atoms with Crippen molar-refractivity contribution in [2.75, 3.05) is 0 Å². The first-order valence-corrected chi connectivity index (χ1v) is 5.62. The Morgan fingerprint density at radius 1 is 1.00 bits per heavy atom. The van der Waals surface area contributed by atoms with E-state index in [1.54, 1.807) is 12.1 Å². The van der Waals surface area contributed by atoms with Gasteiger partial charge in [-0.2, -0.15) is 18.9 Å². The van der Waals surface area contributed by atoms with E-state index < -0.39 is 10.2 Å². The van der Waals surface area contributed by atoms with Crippen LogP contribution in [-0.4, -0.2) is 26.3 Å². The van der Waals surface area contributed by atoms with E-state index in [1.165, 1.54) is 0 Å². The van der Waals surface area contributed by atoms with Crippen molar-refractivity contribution < 1.29 is 8.42 Å². The van der Waals surface area contributed by atoms with Crippen LogP contribution in [-0.2, 0) is 10.2 Å². The molecular formula is C8H4N6O2S. The zero-order valence-corrected chi connectivity index (χ0v) is 9.03. The smallest absolute Gasteiger partial charge is 0.225 e. The molecule has 17 heavy (non-hydrogen) atoms. The van der Waals surface area contributed by atoms with Crippen LogP contribution in [0.4, 0.5) is 0 Å². The minimum atomic E-state index is -3.91. The summed E-state index contributed by atoms with van der Waals surface area (Å²) in [5, 5.41) is 17.1. The molecule has 2 aromatic heterocycles. The molecule has 0 aliphatic rings. The summed E-state index contributed by atoms with van der Waals surface area (Å²) in [6, 6.07) is 3.43. The molecule has 9 heteroatoms. The van der Waals surface area contributed by atoms with E-state index in [0.717, 1.165) is 33.0 Å². The van der Waals surface area contributed by atoms with Crippen molar-refractivity contribution in [3.8, 4) is 12.1 Å². The van der Waals surface area contributed by atoms with Crippen molar-refractivity contribution >= 4 is 10.2 Å². The Morgan fingerprint density at radius 3 is 1.71 bits per heavy atom. The molecule has 2 heterocycles. The highest BCUT2D eigenvalue weighted by Gasteiger charge is 2.17. The standard InChI is InChI=1S/C8H4N6O2S/c9-1-7-3-13(5-11-7)17(15,16)14-4-8(2-10)12-6-14/h3-6H. The zero-order chi connectivity index (χ0) is 12.5. The molecule has 0 bridgehead atoms. The first kappa shape index (κ1) is 10.9. The fourth-order valence-electron chi connectivity index (χ4n) is 1.09. The van der Waals surface area contributed by atoms with Crippen LogP contribution in [0.2, 0.25) is 0 Å². The second kappa shape index (κ2) is 3.73. The van der Waals surface area contributed by atoms with Gasteiger partial charge in [-0.3, -0.25) is 0 Å². The molecule has 0 aromatic carbocycles. The number of hydrogen-bond donors (Lipinski definition) is 0. The van der Waals surface area contributed by atoms with E-state index >= 15 is 0 Å². The average molecular weight is 248 g/mol. The topological polar surface area (TPSA) is 117 Å². The van der Waals surface area contributed by atoms with Gasteiger partial charge in [0.2, 0.25) is 0 Å². The third-order valence-electron chi connectivity index (χ3n) is 1.88. The van der Waals surface area contributed by atoms with Crippen molar-refractivity contribution in [2.45, 2.75) is 0 Å². The van der Waals surface area contributed by atoms with Gasteiger partial charge in [0.25, 0.3) is 0 Å². The first-order valence-electron chi connectivity index (χ1n) is 4.22. The van der Waals surface area contributed by atoms with Gasteiger partial charge in [-0.15, -0.1) is 0 Å². The Hall–Kier alpha value is -2.65. The minimum absolute atomic E-state index is 0.0193. The Morgan fingerprint density at radius 2 is 1.41 bits per heavy atom. The highest BCUT2D eigenvalue weighted by Crippen LogP contribution is 2.05. The lowest BCUT2D eigenvalue weighted by Gasteiger charge is -2.03. The Labute approximate surface area is 96.2 Å². The van der Waals surface area contributed by atoms with Crippen LogP contribution in [0, 0.1) is 22.7 Å². The van der Waals surface area contributed by atoms with Gasteiger partial charge in [-0.05, 0) is 0 Å². The van der Waals surface area contributed by atoms with E-state index in [4.69, 9.17) is 10.5 Å². The number of rotatable bonds is 2. The maximum absolute atomic E-state index is 11.9. The molecular weight excluding hydrogens is 244 g/mol. The molecule has 84 valence electrons. The molecule has 0 unspecified atom stereocenters. The normalized spacial score (nSPS) is 10.7. The minimum Gasteiger partial charge on any atom is -0.225 e. The van der Waals surface area contributed by atoms with Gasteiger partial charge in [0, 0.05) is 0 Å². The molecule has 0 saturated carbocycles. The van der Waals surface area contributed by atoms with E-state index in [-0.39, 0.29) is 11.4 Å². The van der Waals surface area contributed by atoms with Gasteiger partial charge in [-0.25, -0.2) is 17.9 Å². The maximum atomic E-state index is 11.9. The van der Waals surface area contributed by atoms with Gasteiger partial charge >= 0.3 is 10.2 Å². The zero-order valence-electron chi connectivity index (χ0n) is 8.22. The van der Waals surface area contributed by atoms with E-state index in [0.29, 0.717) is 0 Å². The average Bonchev–Trinajstić information content (AvgIpc) is 2.98. The number of nitrogens with zero attached hydrogens (tertiary/aromatic N) is 6. The lowest BCUT2D eigenvalue weighted by molar-refractivity contribution is 0.578. The summed E-state index contributed by atoms with van der Waals surface area (Å²) < 4.78 is 25.4. The lowest BCUT2D eigenvalue weighted by atomic mass is 10.6. The second-order valence-electron chi connectivity index (χ2n) is 2.91. The molecule has 0 aliphatic carbocycles. The quantitative estimate of drug-likeness (QED) is 0.704. The van der Waals surface area contributed by atoms with E-state index in [2.05, 4.69) is 9.97 Å². The largest absolute Gasteiger partial charge is 0.335 e. The van der Waals surface area contributed by atoms with Crippen molar-refractivity contribution in [1.82, 2.24) is 17.9 Å². The molecule has 0 aliphatic heterocycles. The maximum Gasteiger partial charge on any atom is 0.335 e. The molecule has 0 spiro atoms. The third kappa shape index (κ3) is 1.75. The van der Waals surface area contributed by atoms with Crippen LogP contribution in [0.3, 0.4) is 0 Å². The second-order valence-corrected chi connectivity index (χ2v) is 4.65. The summed E-state index contributed by atoms with van der Waals surface area (Å²) in [5.41, 5.74) is -0.0385. The van der Waals surface area contributed by atoms with Crippen LogP contribution in [0.5, 0.6) is 0 Å². The fourth-order valence-corrected chi connectivity index (χ4v) is 2.11. The van der Waals surface area contributed by atoms with Gasteiger partial charge in [0.1, 0.15) is 24.8 Å². The predicted octanol–water partition coefficient (Wildman–Crippen LogP) is -0.536. The molecule has 8 nitrogen and oxygen atoms in total. The van der Waals surface area contributed by atoms with Gasteiger partial charge in [-0.1, -0.05) is 0 Å². The van der Waals surface area contributed by atoms with E-state index in [1.807, 2.05) is 0 Å². The number of imidazole rings is 2. The summed E-state index contributed by atoms with van der Waals surface area (Å²) in [4.78, 5) is 7.15. The van der Waals surface area contributed by atoms with Crippen molar-refractivity contribution in [3.05, 3.63) is 36.4 Å². The molecule has 0 atom stereocenters. The van der Waals surface area contributed by atoms with Gasteiger partial charge < -0.3 is 0 Å². The number of nitriles is 2. The summed E-state index contributed by atoms with van der Waals surface area (Å²) in [6.07, 6.45) is 4.14. The van der Waals surface area contributed by atoms with Crippen LogP contribution >= 0.6 is 0 Å². The van der Waals surface area contributed by atoms with Crippen LogP contribution in [0.1, 0.15) is 11.4 Å². The molecule has 0 fully saturated rings. The summed E-state index contributed by atoms with van der Waals surface area (Å²) in [5.74, 6) is 0. The molecule has 0 saturated heterocycles. The summed E-state index contributed by atoms with van der Waals surface area (Å²) >= 11 is 0. The Bertz CT molecular complexity index is 683. The highest BCUT2D eigenvalue weighted by molar-refractivity contribution is 7.88. The highest BCUT2D eigenvalue weighted by atomic mass is 32.2. The van der Waals surface area contributed by atoms with Crippen molar-refractivity contribution in [1.29, 1.82) is 10.5 Å². The lowest BCUT2D eigenvalue weighted by Crippen LogP contribution is -2.18. The molecule has 2 rings (SSSR count). The number of hydrogen-bond acceptors (Lipinski definition) is 6. The van der Waals surface area contributed by atoms with E-state index in [9.17, 15) is 8.42 Å². The van der Waals surface area contributed by atoms with Crippen molar-refractivity contribution in [3.63, 3.8) is 0 Å². The van der Waals surface area contributed by atoms with Crippen LogP contribution in [0.15, 0.2) is 25.0 Å². The molecule has 0 radical (unpaired) electrons. The predicted molar refractivity (Wildman–Crippen MR) is 53.6 cm³/mol. The molecule has 2 aromatic rings. The number of aromatic nitrogens is 4. The fraction of sp³-hybridized carbons (Fsp3) is 0. The summed E-state index contributed by atoms with van der Waals surface area (Å²) in [7, 11) is -3.91. The van der Waals surface area contributed by atoms with Crippen LogP contribution in [0.25, 0.3) is 0 Å². The SMILES string of the molecule is N#Cc1cn(S(=O)(=O)n2cnc(C#N)c2)cn1.